The lowest BCUT2D eigenvalue weighted by molar-refractivity contribution is -0.384. The number of carbonyl (C=O) groups excluding carboxylic acids is 1. The number of benzene rings is 1. The van der Waals surface area contributed by atoms with E-state index in [4.69, 9.17) is 16.3 Å². The van der Waals surface area contributed by atoms with Crippen LogP contribution >= 0.6 is 11.6 Å². The molecule has 1 amide bonds. The Morgan fingerprint density at radius 1 is 1.38 bits per heavy atom. The minimum Gasteiger partial charge on any atom is -0.494 e. The van der Waals surface area contributed by atoms with Crippen LogP contribution in [0.2, 0.25) is 5.15 Å². The maximum Gasteiger partial charge on any atom is 0.275 e. The first-order valence-corrected chi connectivity index (χ1v) is 6.00. The molecule has 2 aromatic rings. The molecule has 0 atom stereocenters. The van der Waals surface area contributed by atoms with E-state index in [9.17, 15) is 14.9 Å². The molecule has 1 N–H and O–H groups in total. The fraction of sp³-hybridized carbons (Fsp3) is 0.0833. The van der Waals surface area contributed by atoms with E-state index in [0.717, 1.165) is 0 Å². The van der Waals surface area contributed by atoms with E-state index < -0.39 is 10.8 Å². The lowest BCUT2D eigenvalue weighted by atomic mass is 10.2. The number of nitro groups is 1. The Kier molecular flexibility index (Phi) is 4.29. The number of carbonyl (C=O) groups is 1. The molecule has 8 nitrogen and oxygen atoms in total. The van der Waals surface area contributed by atoms with Crippen molar-refractivity contribution in [2.24, 2.45) is 0 Å². The van der Waals surface area contributed by atoms with E-state index in [0.29, 0.717) is 0 Å². The molecule has 0 saturated carbocycles. The Labute approximate surface area is 123 Å². The average molecular weight is 309 g/mol. The van der Waals surface area contributed by atoms with Gasteiger partial charge in [0.25, 0.3) is 11.6 Å². The number of halogens is 1. The van der Waals surface area contributed by atoms with Crippen LogP contribution in [0.1, 0.15) is 10.5 Å². The molecule has 1 heterocycles. The number of nitrogens with one attached hydrogen (secondary N) is 1. The third kappa shape index (κ3) is 3.42. The Hall–Kier alpha value is -2.74. The second-order valence-electron chi connectivity index (χ2n) is 3.82. The first kappa shape index (κ1) is 14.7. The van der Waals surface area contributed by atoms with Gasteiger partial charge in [-0.15, -0.1) is 0 Å². The van der Waals surface area contributed by atoms with E-state index in [1.54, 1.807) is 0 Å². The number of amides is 1. The number of aromatic nitrogens is 2. The molecule has 0 spiro atoms. The molecule has 1 aromatic carbocycles. The molecule has 0 radical (unpaired) electrons. The minimum absolute atomic E-state index is 0.0554. The summed E-state index contributed by atoms with van der Waals surface area (Å²) in [5, 5.41) is 13.4. The van der Waals surface area contributed by atoms with E-state index in [-0.39, 0.29) is 28.0 Å². The topological polar surface area (TPSA) is 107 Å². The maximum absolute atomic E-state index is 12.0. The summed E-state index contributed by atoms with van der Waals surface area (Å²) in [5.74, 6) is -0.370. The van der Waals surface area contributed by atoms with E-state index in [1.165, 1.54) is 37.7 Å². The van der Waals surface area contributed by atoms with Gasteiger partial charge in [0.15, 0.2) is 0 Å². The van der Waals surface area contributed by atoms with Crippen molar-refractivity contribution in [3.8, 4) is 5.75 Å². The van der Waals surface area contributed by atoms with Gasteiger partial charge in [-0.05, 0) is 6.07 Å². The van der Waals surface area contributed by atoms with Gasteiger partial charge in [0, 0.05) is 6.07 Å². The van der Waals surface area contributed by atoms with Crippen molar-refractivity contribution in [2.75, 3.05) is 12.4 Å². The number of methoxy groups -OCH3 is 1. The van der Waals surface area contributed by atoms with Gasteiger partial charge in [0.1, 0.15) is 16.6 Å². The Morgan fingerprint density at radius 2 is 2.14 bits per heavy atom. The maximum atomic E-state index is 12.0. The number of nitrogens with zero attached hydrogens (tertiary/aromatic N) is 3. The molecule has 21 heavy (non-hydrogen) atoms. The predicted octanol–water partition coefficient (Wildman–Crippen LogP) is 2.30. The fourth-order valence-corrected chi connectivity index (χ4v) is 1.61. The molecular formula is C12H9ClN4O4. The standard InChI is InChI=1S/C12H9ClN4O4/c1-21-10-4-7(17(19)20)2-3-8(10)16-12(18)9-5-15-11(13)6-14-9/h2-6H,1H3,(H,16,18). The molecule has 0 saturated heterocycles. The second-order valence-corrected chi connectivity index (χ2v) is 4.21. The number of hydrogen-bond donors (Lipinski definition) is 1. The quantitative estimate of drug-likeness (QED) is 0.686. The van der Waals surface area contributed by atoms with Crippen molar-refractivity contribution in [3.05, 3.63) is 51.6 Å². The number of nitro benzene ring substituents is 1. The van der Waals surface area contributed by atoms with Crippen LogP contribution in [-0.2, 0) is 0 Å². The highest BCUT2D eigenvalue weighted by atomic mass is 35.5. The van der Waals surface area contributed by atoms with Crippen LogP contribution in [-0.4, -0.2) is 27.9 Å². The summed E-state index contributed by atoms with van der Waals surface area (Å²) < 4.78 is 5.02. The summed E-state index contributed by atoms with van der Waals surface area (Å²) in [6.45, 7) is 0. The minimum atomic E-state index is -0.557. The number of rotatable bonds is 4. The molecule has 0 aliphatic heterocycles. The summed E-state index contributed by atoms with van der Waals surface area (Å²) in [6.07, 6.45) is 2.46. The van der Waals surface area contributed by atoms with Crippen LogP contribution in [0, 0.1) is 10.1 Å². The monoisotopic (exact) mass is 308 g/mol. The normalized spacial score (nSPS) is 10.0. The molecule has 108 valence electrons. The molecule has 0 aliphatic carbocycles. The van der Waals surface area contributed by atoms with E-state index in [1.807, 2.05) is 0 Å². The predicted molar refractivity (Wildman–Crippen MR) is 74.6 cm³/mol. The molecule has 2 rings (SSSR count). The molecule has 0 aliphatic rings. The molecule has 0 bridgehead atoms. The summed E-state index contributed by atoms with van der Waals surface area (Å²) in [4.78, 5) is 29.7. The number of non-ortho nitro benzene ring substituents is 1. The molecule has 0 unspecified atom stereocenters. The molecule has 0 fully saturated rings. The summed E-state index contributed by atoms with van der Waals surface area (Å²) in [7, 11) is 1.34. The van der Waals surface area contributed by atoms with Gasteiger partial charge >= 0.3 is 0 Å². The van der Waals surface area contributed by atoms with Gasteiger partial charge in [-0.2, -0.15) is 0 Å². The van der Waals surface area contributed by atoms with Crippen LogP contribution in [0.3, 0.4) is 0 Å². The van der Waals surface area contributed by atoms with E-state index >= 15 is 0 Å². The summed E-state index contributed by atoms with van der Waals surface area (Å²) in [5.41, 5.74) is 0.195. The highest BCUT2D eigenvalue weighted by Gasteiger charge is 2.15. The van der Waals surface area contributed by atoms with Gasteiger partial charge in [0.2, 0.25) is 0 Å². The Morgan fingerprint density at radius 3 is 2.71 bits per heavy atom. The van der Waals surface area contributed by atoms with Crippen molar-refractivity contribution in [3.63, 3.8) is 0 Å². The number of ether oxygens (including phenoxy) is 1. The Balaban J connectivity index is 2.24. The SMILES string of the molecule is COc1cc([N+](=O)[O-])ccc1NC(=O)c1cnc(Cl)cn1. The van der Waals surface area contributed by atoms with Crippen LogP contribution in [0.25, 0.3) is 0 Å². The second kappa shape index (κ2) is 6.14. The van der Waals surface area contributed by atoms with Crippen LogP contribution < -0.4 is 10.1 Å². The first-order valence-electron chi connectivity index (χ1n) is 5.62. The van der Waals surface area contributed by atoms with Crippen LogP contribution in [0.5, 0.6) is 5.75 Å². The summed E-state index contributed by atoms with van der Waals surface area (Å²) >= 11 is 5.58. The van der Waals surface area contributed by atoms with Crippen molar-refractivity contribution in [2.45, 2.75) is 0 Å². The highest BCUT2D eigenvalue weighted by Crippen LogP contribution is 2.29. The number of hydrogen-bond acceptors (Lipinski definition) is 6. The van der Waals surface area contributed by atoms with Crippen molar-refractivity contribution < 1.29 is 14.5 Å². The van der Waals surface area contributed by atoms with Crippen molar-refractivity contribution >= 4 is 28.9 Å². The zero-order valence-electron chi connectivity index (χ0n) is 10.7. The van der Waals surface area contributed by atoms with E-state index in [2.05, 4.69) is 15.3 Å². The van der Waals surface area contributed by atoms with Crippen LogP contribution in [0.4, 0.5) is 11.4 Å². The third-order valence-corrected chi connectivity index (χ3v) is 2.69. The van der Waals surface area contributed by atoms with Gasteiger partial charge < -0.3 is 10.1 Å². The highest BCUT2D eigenvalue weighted by molar-refractivity contribution is 6.29. The van der Waals surface area contributed by atoms with Gasteiger partial charge in [-0.25, -0.2) is 9.97 Å². The third-order valence-electron chi connectivity index (χ3n) is 2.50. The van der Waals surface area contributed by atoms with Crippen LogP contribution in [0.15, 0.2) is 30.6 Å². The lowest BCUT2D eigenvalue weighted by Gasteiger charge is -2.09. The zero-order chi connectivity index (χ0) is 15.4. The average Bonchev–Trinajstić information content (AvgIpc) is 2.48. The van der Waals surface area contributed by atoms with Gasteiger partial charge in [-0.3, -0.25) is 14.9 Å². The van der Waals surface area contributed by atoms with Crippen molar-refractivity contribution in [1.82, 2.24) is 9.97 Å². The zero-order valence-corrected chi connectivity index (χ0v) is 11.5. The number of anilines is 1. The lowest BCUT2D eigenvalue weighted by Crippen LogP contribution is -2.14. The molecule has 9 heteroatoms. The van der Waals surface area contributed by atoms with Gasteiger partial charge in [-0.1, -0.05) is 11.6 Å². The fourth-order valence-electron chi connectivity index (χ4n) is 1.51. The largest absolute Gasteiger partial charge is 0.494 e. The Bertz CT molecular complexity index is 690. The smallest absolute Gasteiger partial charge is 0.275 e. The molecule has 1 aromatic heterocycles. The molecular weight excluding hydrogens is 300 g/mol. The van der Waals surface area contributed by atoms with Gasteiger partial charge in [0.05, 0.1) is 36.2 Å². The van der Waals surface area contributed by atoms with Crippen molar-refractivity contribution in [1.29, 1.82) is 0 Å². The first-order chi connectivity index (χ1) is 10.0. The summed E-state index contributed by atoms with van der Waals surface area (Å²) in [6, 6.07) is 3.84.